The van der Waals surface area contributed by atoms with Crippen LogP contribution in [0.1, 0.15) is 30.6 Å². The van der Waals surface area contributed by atoms with Crippen molar-refractivity contribution in [2.24, 2.45) is 11.7 Å². The maximum absolute atomic E-state index is 12.2. The number of primary amides is 1. The van der Waals surface area contributed by atoms with Crippen molar-refractivity contribution in [3.63, 3.8) is 0 Å². The summed E-state index contributed by atoms with van der Waals surface area (Å²) in [5.74, 6) is -2.01. The zero-order valence-corrected chi connectivity index (χ0v) is 13.2. The molecule has 0 bridgehead atoms. The van der Waals surface area contributed by atoms with Crippen LogP contribution in [-0.4, -0.2) is 30.4 Å². The van der Waals surface area contributed by atoms with E-state index >= 15 is 0 Å². The van der Waals surface area contributed by atoms with Crippen LogP contribution in [0, 0.1) is 5.92 Å². The Bertz CT molecular complexity index is 545. The molecule has 0 saturated carbocycles. The topological polar surface area (TPSA) is 98.5 Å². The first-order valence-corrected chi connectivity index (χ1v) is 7.24. The van der Waals surface area contributed by atoms with Crippen LogP contribution >= 0.6 is 11.6 Å². The van der Waals surface area contributed by atoms with Gasteiger partial charge in [-0.3, -0.25) is 9.59 Å². The number of esters is 1. The molecule has 120 valence electrons. The number of halogens is 1. The molecule has 2 amide bonds. The molecular weight excluding hydrogens is 308 g/mol. The molecule has 22 heavy (non-hydrogen) atoms. The third-order valence-electron chi connectivity index (χ3n) is 3.22. The lowest BCUT2D eigenvalue weighted by atomic mass is 9.99. The first kappa shape index (κ1) is 18.0. The van der Waals surface area contributed by atoms with Crippen LogP contribution in [0.15, 0.2) is 24.3 Å². The maximum Gasteiger partial charge on any atom is 0.329 e. The van der Waals surface area contributed by atoms with Gasteiger partial charge in [-0.1, -0.05) is 31.9 Å². The normalized spacial score (nSPS) is 13.0. The molecule has 0 aliphatic carbocycles. The second-order valence-electron chi connectivity index (χ2n) is 4.92. The number of carbonyl (C=O) groups excluding carboxylic acids is 3. The molecule has 3 N–H and O–H groups in total. The number of rotatable bonds is 7. The fourth-order valence-corrected chi connectivity index (χ4v) is 1.85. The maximum atomic E-state index is 12.2. The molecular formula is C15H19ClN2O4. The molecule has 0 spiro atoms. The standard InChI is InChI=1S/C15H19ClN2O4/c1-3-9(2)13(15(21)22-8-12(17)19)18-14(20)10-4-6-11(16)7-5-10/h4-7,9,13H,3,8H2,1-2H3,(H2,17,19)(H,18,20)/t9-,13+/m0/s1. The predicted octanol–water partition coefficient (Wildman–Crippen LogP) is 1.51. The van der Waals surface area contributed by atoms with Gasteiger partial charge in [0.25, 0.3) is 11.8 Å². The minimum atomic E-state index is -0.854. The highest BCUT2D eigenvalue weighted by Gasteiger charge is 2.28. The lowest BCUT2D eigenvalue weighted by Crippen LogP contribution is -2.46. The summed E-state index contributed by atoms with van der Waals surface area (Å²) in [6.45, 7) is 3.17. The Morgan fingerprint density at radius 3 is 2.36 bits per heavy atom. The Kier molecular flexibility index (Phi) is 6.85. The molecule has 1 aromatic rings. The molecule has 1 aromatic carbocycles. The lowest BCUT2D eigenvalue weighted by Gasteiger charge is -2.22. The Hall–Kier alpha value is -2.08. The summed E-state index contributed by atoms with van der Waals surface area (Å²) in [7, 11) is 0. The molecule has 0 heterocycles. The van der Waals surface area contributed by atoms with E-state index in [4.69, 9.17) is 22.1 Å². The van der Waals surface area contributed by atoms with E-state index < -0.39 is 30.4 Å². The fraction of sp³-hybridized carbons (Fsp3) is 0.400. The SMILES string of the molecule is CC[C@H](C)[C@@H](NC(=O)c1ccc(Cl)cc1)C(=O)OCC(N)=O. The van der Waals surface area contributed by atoms with Gasteiger partial charge in [0.05, 0.1) is 0 Å². The monoisotopic (exact) mass is 326 g/mol. The summed E-state index contributed by atoms with van der Waals surface area (Å²) in [5, 5.41) is 3.13. The Morgan fingerprint density at radius 2 is 1.86 bits per heavy atom. The van der Waals surface area contributed by atoms with Gasteiger partial charge in [-0.05, 0) is 30.2 Å². The molecule has 0 fully saturated rings. The molecule has 0 aromatic heterocycles. The van der Waals surface area contributed by atoms with Crippen molar-refractivity contribution in [2.45, 2.75) is 26.3 Å². The van der Waals surface area contributed by atoms with Gasteiger partial charge in [0.1, 0.15) is 6.04 Å². The average Bonchev–Trinajstić information content (AvgIpc) is 2.49. The highest BCUT2D eigenvalue weighted by molar-refractivity contribution is 6.30. The molecule has 2 atom stereocenters. The number of carbonyl (C=O) groups is 3. The Balaban J connectivity index is 2.79. The van der Waals surface area contributed by atoms with Crippen molar-refractivity contribution in [1.82, 2.24) is 5.32 Å². The van der Waals surface area contributed by atoms with Crippen LogP contribution in [0.3, 0.4) is 0 Å². The first-order chi connectivity index (χ1) is 10.3. The van der Waals surface area contributed by atoms with E-state index in [0.29, 0.717) is 17.0 Å². The number of hydrogen-bond donors (Lipinski definition) is 2. The summed E-state index contributed by atoms with van der Waals surface area (Å²) >= 11 is 5.77. The van der Waals surface area contributed by atoms with Crippen molar-refractivity contribution in [3.05, 3.63) is 34.9 Å². The van der Waals surface area contributed by atoms with Crippen molar-refractivity contribution >= 4 is 29.4 Å². The molecule has 0 unspecified atom stereocenters. The molecule has 0 radical (unpaired) electrons. The van der Waals surface area contributed by atoms with E-state index in [2.05, 4.69) is 5.32 Å². The number of ether oxygens (including phenoxy) is 1. The van der Waals surface area contributed by atoms with Crippen LogP contribution in [-0.2, 0) is 14.3 Å². The van der Waals surface area contributed by atoms with Gasteiger partial charge >= 0.3 is 5.97 Å². The summed E-state index contributed by atoms with van der Waals surface area (Å²) in [4.78, 5) is 34.9. The van der Waals surface area contributed by atoms with Gasteiger partial charge in [0.2, 0.25) is 0 Å². The third kappa shape index (κ3) is 5.37. The Morgan fingerprint density at radius 1 is 1.27 bits per heavy atom. The average molecular weight is 327 g/mol. The van der Waals surface area contributed by atoms with Crippen molar-refractivity contribution in [3.8, 4) is 0 Å². The molecule has 0 aliphatic heterocycles. The molecule has 0 aliphatic rings. The van der Waals surface area contributed by atoms with Gasteiger partial charge in [-0.25, -0.2) is 4.79 Å². The van der Waals surface area contributed by atoms with Gasteiger partial charge in [0, 0.05) is 10.6 Å². The van der Waals surface area contributed by atoms with E-state index in [1.165, 1.54) is 0 Å². The van der Waals surface area contributed by atoms with Gasteiger partial charge in [-0.2, -0.15) is 0 Å². The highest BCUT2D eigenvalue weighted by Crippen LogP contribution is 2.13. The highest BCUT2D eigenvalue weighted by atomic mass is 35.5. The lowest BCUT2D eigenvalue weighted by molar-refractivity contribution is -0.150. The van der Waals surface area contributed by atoms with E-state index in [9.17, 15) is 14.4 Å². The number of nitrogens with one attached hydrogen (secondary N) is 1. The number of hydrogen-bond acceptors (Lipinski definition) is 4. The molecule has 1 rings (SSSR count). The zero-order valence-electron chi connectivity index (χ0n) is 12.5. The van der Waals surface area contributed by atoms with Crippen LogP contribution in [0.5, 0.6) is 0 Å². The van der Waals surface area contributed by atoms with E-state index in [0.717, 1.165) is 0 Å². The molecule has 7 heteroatoms. The van der Waals surface area contributed by atoms with E-state index in [1.54, 1.807) is 31.2 Å². The largest absolute Gasteiger partial charge is 0.454 e. The second-order valence-corrected chi connectivity index (χ2v) is 5.35. The van der Waals surface area contributed by atoms with Crippen molar-refractivity contribution < 1.29 is 19.1 Å². The fourth-order valence-electron chi connectivity index (χ4n) is 1.73. The minimum absolute atomic E-state index is 0.156. The van der Waals surface area contributed by atoms with Crippen LogP contribution in [0.25, 0.3) is 0 Å². The first-order valence-electron chi connectivity index (χ1n) is 6.86. The zero-order chi connectivity index (χ0) is 16.7. The second kappa shape index (κ2) is 8.38. The Labute approximate surface area is 134 Å². The number of nitrogens with two attached hydrogens (primary N) is 1. The van der Waals surface area contributed by atoms with Crippen LogP contribution in [0.4, 0.5) is 0 Å². The van der Waals surface area contributed by atoms with Gasteiger partial charge < -0.3 is 15.8 Å². The van der Waals surface area contributed by atoms with Gasteiger partial charge in [-0.15, -0.1) is 0 Å². The van der Waals surface area contributed by atoms with E-state index in [1.807, 2.05) is 6.92 Å². The van der Waals surface area contributed by atoms with Gasteiger partial charge in [0.15, 0.2) is 6.61 Å². The summed E-state index contributed by atoms with van der Waals surface area (Å²) in [5.41, 5.74) is 5.32. The third-order valence-corrected chi connectivity index (χ3v) is 3.47. The summed E-state index contributed by atoms with van der Waals surface area (Å²) in [6.07, 6.45) is 0.650. The molecule has 6 nitrogen and oxygen atoms in total. The van der Waals surface area contributed by atoms with Crippen molar-refractivity contribution in [1.29, 1.82) is 0 Å². The number of benzene rings is 1. The molecule has 0 saturated heterocycles. The summed E-state index contributed by atoms with van der Waals surface area (Å²) in [6, 6.07) is 5.42. The minimum Gasteiger partial charge on any atom is -0.454 e. The quantitative estimate of drug-likeness (QED) is 0.742. The van der Waals surface area contributed by atoms with Crippen LogP contribution < -0.4 is 11.1 Å². The van der Waals surface area contributed by atoms with Crippen LogP contribution in [0.2, 0.25) is 5.02 Å². The number of amides is 2. The smallest absolute Gasteiger partial charge is 0.329 e. The van der Waals surface area contributed by atoms with Crippen molar-refractivity contribution in [2.75, 3.05) is 6.61 Å². The van der Waals surface area contributed by atoms with E-state index in [-0.39, 0.29) is 5.92 Å². The summed E-state index contributed by atoms with van der Waals surface area (Å²) < 4.78 is 4.80. The predicted molar refractivity (Wildman–Crippen MR) is 82.3 cm³/mol.